The molecular weight excluding hydrogens is 272 g/mol. The van der Waals surface area contributed by atoms with Gasteiger partial charge in [-0.25, -0.2) is 0 Å². The number of thiophene rings is 1. The Bertz CT molecular complexity index is 309. The second-order valence-corrected chi connectivity index (χ2v) is 7.09. The van der Waals surface area contributed by atoms with Gasteiger partial charge in [0.15, 0.2) is 0 Å². The van der Waals surface area contributed by atoms with Gasteiger partial charge in [0.05, 0.1) is 3.79 Å². The van der Waals surface area contributed by atoms with E-state index in [-0.39, 0.29) is 5.41 Å². The third kappa shape index (κ3) is 4.64. The molecule has 0 aliphatic rings. The quantitative estimate of drug-likeness (QED) is 0.904. The lowest BCUT2D eigenvalue weighted by Crippen LogP contribution is -2.36. The largest absolute Gasteiger partial charge is 0.330 e. The Morgan fingerprint density at radius 2 is 2.20 bits per heavy atom. The Labute approximate surface area is 105 Å². The Morgan fingerprint density at radius 3 is 2.67 bits per heavy atom. The standard InChI is InChI=1S/C11H19BrN2S/c1-11(2,7-13)8-14(3)5-9-4-10(12)15-6-9/h4,6H,5,7-8,13H2,1-3H3. The average Bonchev–Trinajstić information content (AvgIpc) is 2.50. The maximum absolute atomic E-state index is 5.72. The minimum absolute atomic E-state index is 0.196. The highest BCUT2D eigenvalue weighted by Gasteiger charge is 2.18. The molecule has 0 saturated carbocycles. The zero-order valence-electron chi connectivity index (χ0n) is 9.59. The summed E-state index contributed by atoms with van der Waals surface area (Å²) in [7, 11) is 2.14. The van der Waals surface area contributed by atoms with Crippen LogP contribution in [0.15, 0.2) is 15.2 Å². The van der Waals surface area contributed by atoms with Crippen molar-refractivity contribution in [2.45, 2.75) is 20.4 Å². The summed E-state index contributed by atoms with van der Waals surface area (Å²) in [6.45, 7) is 7.15. The van der Waals surface area contributed by atoms with Gasteiger partial charge < -0.3 is 10.6 Å². The van der Waals surface area contributed by atoms with Crippen LogP contribution in [-0.2, 0) is 6.54 Å². The molecule has 86 valence electrons. The molecule has 4 heteroatoms. The van der Waals surface area contributed by atoms with Crippen LogP contribution in [0.4, 0.5) is 0 Å². The molecule has 0 aliphatic heterocycles. The van der Waals surface area contributed by atoms with Crippen LogP contribution in [0.25, 0.3) is 0 Å². The Balaban J connectivity index is 2.46. The van der Waals surface area contributed by atoms with E-state index >= 15 is 0 Å². The summed E-state index contributed by atoms with van der Waals surface area (Å²) >= 11 is 5.21. The van der Waals surface area contributed by atoms with E-state index in [0.717, 1.165) is 19.6 Å². The van der Waals surface area contributed by atoms with Crippen LogP contribution in [0.2, 0.25) is 0 Å². The van der Waals surface area contributed by atoms with Crippen molar-refractivity contribution in [3.63, 3.8) is 0 Å². The fourth-order valence-corrected chi connectivity index (χ4v) is 2.79. The Hall–Kier alpha value is 0.1000. The summed E-state index contributed by atoms with van der Waals surface area (Å²) in [5, 5.41) is 2.19. The Morgan fingerprint density at radius 1 is 1.53 bits per heavy atom. The van der Waals surface area contributed by atoms with Crippen LogP contribution in [0.1, 0.15) is 19.4 Å². The number of rotatable bonds is 5. The fourth-order valence-electron chi connectivity index (χ4n) is 1.59. The van der Waals surface area contributed by atoms with E-state index in [9.17, 15) is 0 Å². The van der Waals surface area contributed by atoms with Crippen LogP contribution >= 0.6 is 27.3 Å². The molecule has 1 aromatic rings. The van der Waals surface area contributed by atoms with Gasteiger partial charge in [-0.3, -0.25) is 0 Å². The second kappa shape index (κ2) is 5.43. The van der Waals surface area contributed by atoms with E-state index in [2.05, 4.69) is 53.2 Å². The van der Waals surface area contributed by atoms with Crippen LogP contribution in [0, 0.1) is 5.41 Å². The van der Waals surface area contributed by atoms with Gasteiger partial charge in [-0.05, 0) is 51.9 Å². The molecule has 0 unspecified atom stereocenters. The lowest BCUT2D eigenvalue weighted by molar-refractivity contribution is 0.210. The van der Waals surface area contributed by atoms with Gasteiger partial charge in [0.2, 0.25) is 0 Å². The van der Waals surface area contributed by atoms with Crippen LogP contribution in [0.3, 0.4) is 0 Å². The molecule has 1 heterocycles. The molecule has 0 amide bonds. The lowest BCUT2D eigenvalue weighted by Gasteiger charge is -2.28. The first-order valence-corrected chi connectivity index (χ1v) is 6.72. The first-order chi connectivity index (χ1) is 6.93. The number of nitrogens with two attached hydrogens (primary N) is 1. The molecule has 0 saturated heterocycles. The fraction of sp³-hybridized carbons (Fsp3) is 0.636. The monoisotopic (exact) mass is 290 g/mol. The normalized spacial score (nSPS) is 12.4. The molecule has 0 bridgehead atoms. The van der Waals surface area contributed by atoms with Gasteiger partial charge in [-0.15, -0.1) is 11.3 Å². The van der Waals surface area contributed by atoms with E-state index < -0.39 is 0 Å². The summed E-state index contributed by atoms with van der Waals surface area (Å²) < 4.78 is 1.20. The van der Waals surface area contributed by atoms with Crippen molar-refractivity contribution >= 4 is 27.3 Å². The first-order valence-electron chi connectivity index (χ1n) is 5.04. The average molecular weight is 291 g/mol. The summed E-state index contributed by atoms with van der Waals surface area (Å²) in [6.07, 6.45) is 0. The molecule has 1 rings (SSSR count). The van der Waals surface area contributed by atoms with Crippen molar-refractivity contribution in [3.8, 4) is 0 Å². The van der Waals surface area contributed by atoms with E-state index in [4.69, 9.17) is 5.73 Å². The van der Waals surface area contributed by atoms with Gasteiger partial charge in [-0.2, -0.15) is 0 Å². The molecule has 2 nitrogen and oxygen atoms in total. The van der Waals surface area contributed by atoms with Crippen molar-refractivity contribution in [1.29, 1.82) is 0 Å². The zero-order chi connectivity index (χ0) is 11.5. The number of hydrogen-bond donors (Lipinski definition) is 1. The first kappa shape index (κ1) is 13.2. The van der Waals surface area contributed by atoms with E-state index in [1.807, 2.05) is 0 Å². The predicted octanol–water partition coefficient (Wildman–Crippen LogP) is 2.93. The SMILES string of the molecule is CN(Cc1csc(Br)c1)CC(C)(C)CN. The van der Waals surface area contributed by atoms with Gasteiger partial charge in [0, 0.05) is 13.1 Å². The maximum Gasteiger partial charge on any atom is 0.0701 e. The maximum atomic E-state index is 5.72. The molecule has 1 aromatic heterocycles. The minimum atomic E-state index is 0.196. The van der Waals surface area contributed by atoms with Gasteiger partial charge in [-0.1, -0.05) is 13.8 Å². The molecule has 2 N–H and O–H groups in total. The van der Waals surface area contributed by atoms with Crippen molar-refractivity contribution < 1.29 is 0 Å². The van der Waals surface area contributed by atoms with Crippen LogP contribution < -0.4 is 5.73 Å². The summed E-state index contributed by atoms with van der Waals surface area (Å²) in [4.78, 5) is 2.32. The molecule has 0 atom stereocenters. The van der Waals surface area contributed by atoms with E-state index in [1.54, 1.807) is 11.3 Å². The van der Waals surface area contributed by atoms with E-state index in [0.29, 0.717) is 0 Å². The van der Waals surface area contributed by atoms with Gasteiger partial charge in [0.25, 0.3) is 0 Å². The molecule has 0 spiro atoms. The van der Waals surface area contributed by atoms with Crippen molar-refractivity contribution in [3.05, 3.63) is 20.8 Å². The third-order valence-electron chi connectivity index (χ3n) is 2.32. The topological polar surface area (TPSA) is 29.3 Å². The lowest BCUT2D eigenvalue weighted by atomic mass is 9.93. The van der Waals surface area contributed by atoms with Gasteiger partial charge in [0.1, 0.15) is 0 Å². The highest BCUT2D eigenvalue weighted by molar-refractivity contribution is 9.11. The highest BCUT2D eigenvalue weighted by Crippen LogP contribution is 2.22. The van der Waals surface area contributed by atoms with Crippen molar-refractivity contribution in [2.24, 2.45) is 11.1 Å². The second-order valence-electron chi connectivity index (χ2n) is 4.80. The molecule has 15 heavy (non-hydrogen) atoms. The van der Waals surface area contributed by atoms with Crippen LogP contribution in [-0.4, -0.2) is 25.0 Å². The van der Waals surface area contributed by atoms with E-state index in [1.165, 1.54) is 9.35 Å². The summed E-state index contributed by atoms with van der Waals surface area (Å²) in [5.74, 6) is 0. The molecule has 0 radical (unpaired) electrons. The number of hydrogen-bond acceptors (Lipinski definition) is 3. The third-order valence-corrected chi connectivity index (χ3v) is 3.88. The van der Waals surface area contributed by atoms with Crippen molar-refractivity contribution in [2.75, 3.05) is 20.1 Å². The molecule has 0 aliphatic carbocycles. The predicted molar refractivity (Wildman–Crippen MR) is 71.2 cm³/mol. The minimum Gasteiger partial charge on any atom is -0.330 e. The molecule has 0 aromatic carbocycles. The molecule has 0 fully saturated rings. The van der Waals surface area contributed by atoms with Crippen molar-refractivity contribution in [1.82, 2.24) is 4.90 Å². The van der Waals surface area contributed by atoms with Gasteiger partial charge >= 0.3 is 0 Å². The summed E-state index contributed by atoms with van der Waals surface area (Å²) in [5.41, 5.74) is 7.28. The number of nitrogens with zero attached hydrogens (tertiary/aromatic N) is 1. The zero-order valence-corrected chi connectivity index (χ0v) is 12.0. The summed E-state index contributed by atoms with van der Waals surface area (Å²) in [6, 6.07) is 2.18. The number of halogens is 1. The smallest absolute Gasteiger partial charge is 0.0701 e. The molecular formula is C11H19BrN2S. The Kier molecular flexibility index (Phi) is 4.77. The van der Waals surface area contributed by atoms with Crippen LogP contribution in [0.5, 0.6) is 0 Å². The highest BCUT2D eigenvalue weighted by atomic mass is 79.9.